The smallest absolute Gasteiger partial charge is 0.384 e. The van der Waals surface area contributed by atoms with Gasteiger partial charge in [-0.15, -0.1) is 0 Å². The van der Waals surface area contributed by atoms with Crippen molar-refractivity contribution in [3.8, 4) is 0 Å². The number of nitrogens with zero attached hydrogens (tertiary/aromatic N) is 1. The third-order valence-corrected chi connectivity index (χ3v) is 3.89. The summed E-state index contributed by atoms with van der Waals surface area (Å²) < 4.78 is 44.1. The fourth-order valence-electron chi connectivity index (χ4n) is 2.91. The summed E-state index contributed by atoms with van der Waals surface area (Å²) in [6.45, 7) is 2.81. The van der Waals surface area contributed by atoms with E-state index in [0.717, 1.165) is 25.6 Å². The molecule has 6 heteroatoms. The Balaban J connectivity index is 2.03. The van der Waals surface area contributed by atoms with Crippen LogP contribution >= 0.6 is 0 Å². The topological polar surface area (TPSA) is 38.5 Å². The zero-order chi connectivity index (χ0) is 15.5. The van der Waals surface area contributed by atoms with Crippen LogP contribution in [-0.4, -0.2) is 38.3 Å². The van der Waals surface area contributed by atoms with E-state index < -0.39 is 17.8 Å². The normalized spacial score (nSPS) is 21.7. The predicted molar refractivity (Wildman–Crippen MR) is 74.8 cm³/mol. The summed E-state index contributed by atoms with van der Waals surface area (Å²) in [5.41, 5.74) is 5.55. The Kier molecular flexibility index (Phi) is 5.24. The fraction of sp³-hybridized carbons (Fsp3) is 0.600. The van der Waals surface area contributed by atoms with Gasteiger partial charge in [0.2, 0.25) is 0 Å². The average Bonchev–Trinajstić information content (AvgIpc) is 2.85. The maximum atomic E-state index is 13.0. The fourth-order valence-corrected chi connectivity index (χ4v) is 2.91. The monoisotopic (exact) mass is 302 g/mol. The molecule has 1 heterocycles. The van der Waals surface area contributed by atoms with Crippen LogP contribution < -0.4 is 5.73 Å². The first-order valence-electron chi connectivity index (χ1n) is 7.04. The summed E-state index contributed by atoms with van der Waals surface area (Å²) in [6.07, 6.45) is -3.36. The second kappa shape index (κ2) is 6.77. The van der Waals surface area contributed by atoms with Crippen molar-refractivity contribution in [2.45, 2.75) is 18.6 Å². The molecule has 1 aliphatic heterocycles. The van der Waals surface area contributed by atoms with Gasteiger partial charge in [-0.2, -0.15) is 13.2 Å². The van der Waals surface area contributed by atoms with Crippen molar-refractivity contribution in [1.82, 2.24) is 4.90 Å². The summed E-state index contributed by atoms with van der Waals surface area (Å²) in [6, 6.07) is 4.92. The van der Waals surface area contributed by atoms with E-state index in [2.05, 4.69) is 4.90 Å². The van der Waals surface area contributed by atoms with E-state index in [1.54, 1.807) is 13.2 Å². The minimum Gasteiger partial charge on any atom is -0.384 e. The zero-order valence-corrected chi connectivity index (χ0v) is 12.1. The number of likely N-dealkylation sites (tertiary alicyclic amines) is 1. The van der Waals surface area contributed by atoms with Crippen LogP contribution in [0.3, 0.4) is 0 Å². The summed E-state index contributed by atoms with van der Waals surface area (Å²) >= 11 is 0. The third-order valence-electron chi connectivity index (χ3n) is 3.89. The van der Waals surface area contributed by atoms with Gasteiger partial charge in [0.25, 0.3) is 0 Å². The molecule has 3 nitrogen and oxygen atoms in total. The van der Waals surface area contributed by atoms with Gasteiger partial charge in [-0.3, -0.25) is 0 Å². The number of hydrogen-bond donors (Lipinski definition) is 1. The van der Waals surface area contributed by atoms with E-state index >= 15 is 0 Å². The molecule has 0 radical (unpaired) electrons. The Hall–Kier alpha value is -1.11. The van der Waals surface area contributed by atoms with Gasteiger partial charge in [-0.05, 0) is 30.5 Å². The third kappa shape index (κ3) is 4.18. The van der Waals surface area contributed by atoms with E-state index in [-0.39, 0.29) is 5.56 Å². The van der Waals surface area contributed by atoms with Gasteiger partial charge in [0.1, 0.15) is 0 Å². The Bertz CT molecular complexity index is 464. The molecule has 118 valence electrons. The summed E-state index contributed by atoms with van der Waals surface area (Å²) in [5, 5.41) is 0. The van der Waals surface area contributed by atoms with Crippen LogP contribution in [0, 0.1) is 5.92 Å². The Labute approximate surface area is 122 Å². The maximum absolute atomic E-state index is 13.0. The van der Waals surface area contributed by atoms with Crippen LogP contribution in [0.4, 0.5) is 13.2 Å². The molecular formula is C15H21F3N2O. The van der Waals surface area contributed by atoms with Crippen LogP contribution in [0.1, 0.15) is 23.6 Å². The average molecular weight is 302 g/mol. The number of hydrogen-bond acceptors (Lipinski definition) is 3. The van der Waals surface area contributed by atoms with Crippen molar-refractivity contribution >= 4 is 0 Å². The molecule has 1 aromatic carbocycles. The van der Waals surface area contributed by atoms with Crippen LogP contribution in [0.25, 0.3) is 0 Å². The molecule has 0 bridgehead atoms. The molecular weight excluding hydrogens is 281 g/mol. The van der Waals surface area contributed by atoms with Crippen molar-refractivity contribution < 1.29 is 17.9 Å². The van der Waals surface area contributed by atoms with Crippen LogP contribution in [-0.2, 0) is 10.9 Å². The second-order valence-electron chi connectivity index (χ2n) is 5.56. The summed E-state index contributed by atoms with van der Waals surface area (Å²) in [4.78, 5) is 2.11. The molecule has 1 aromatic rings. The van der Waals surface area contributed by atoms with Gasteiger partial charge in [0.05, 0.1) is 12.2 Å². The highest BCUT2D eigenvalue weighted by Gasteiger charge is 2.35. The number of benzene rings is 1. The molecule has 2 atom stereocenters. The summed E-state index contributed by atoms with van der Waals surface area (Å²) in [5.74, 6) is 0.444. The first-order valence-corrected chi connectivity index (χ1v) is 7.04. The van der Waals surface area contributed by atoms with Gasteiger partial charge in [0.15, 0.2) is 0 Å². The van der Waals surface area contributed by atoms with Crippen LogP contribution in [0.15, 0.2) is 24.3 Å². The summed E-state index contributed by atoms with van der Waals surface area (Å²) in [7, 11) is 1.66. The first-order chi connectivity index (χ1) is 9.91. The Morgan fingerprint density at radius 1 is 1.38 bits per heavy atom. The molecule has 0 saturated carbocycles. The highest BCUT2D eigenvalue weighted by molar-refractivity contribution is 5.32. The number of rotatable bonds is 5. The second-order valence-corrected chi connectivity index (χ2v) is 5.56. The van der Waals surface area contributed by atoms with Crippen LogP contribution in [0.5, 0.6) is 0 Å². The predicted octanol–water partition coefficient (Wildman–Crippen LogP) is 2.67. The quantitative estimate of drug-likeness (QED) is 0.909. The molecule has 2 rings (SSSR count). The lowest BCUT2D eigenvalue weighted by atomic mass is 10.00. The standard InChI is InChI=1S/C15H21F3N2O/c1-21-10-11-6-7-20(8-11)9-14(19)12-4-2-3-5-13(12)15(16,17)18/h2-5,11,14H,6-10,19H2,1H3. The van der Waals surface area contributed by atoms with Gasteiger partial charge < -0.3 is 15.4 Å². The van der Waals surface area contributed by atoms with Crippen molar-refractivity contribution in [3.63, 3.8) is 0 Å². The minimum absolute atomic E-state index is 0.167. The van der Waals surface area contributed by atoms with E-state index in [9.17, 15) is 13.2 Å². The Morgan fingerprint density at radius 2 is 2.10 bits per heavy atom. The van der Waals surface area contributed by atoms with E-state index in [1.807, 2.05) is 0 Å². The number of nitrogens with two attached hydrogens (primary N) is 1. The lowest BCUT2D eigenvalue weighted by Crippen LogP contribution is -2.32. The highest BCUT2D eigenvalue weighted by atomic mass is 19.4. The number of alkyl halides is 3. The van der Waals surface area contributed by atoms with Gasteiger partial charge in [0, 0.05) is 26.2 Å². The Morgan fingerprint density at radius 3 is 2.76 bits per heavy atom. The minimum atomic E-state index is -4.36. The molecule has 2 N–H and O–H groups in total. The van der Waals surface area contributed by atoms with E-state index in [4.69, 9.17) is 10.5 Å². The molecule has 1 aliphatic rings. The molecule has 21 heavy (non-hydrogen) atoms. The number of halogens is 3. The number of ether oxygens (including phenoxy) is 1. The van der Waals surface area contributed by atoms with Gasteiger partial charge in [-0.25, -0.2) is 0 Å². The van der Waals surface area contributed by atoms with E-state index in [1.165, 1.54) is 12.1 Å². The molecule has 0 aromatic heterocycles. The highest BCUT2D eigenvalue weighted by Crippen LogP contribution is 2.34. The zero-order valence-electron chi connectivity index (χ0n) is 12.1. The molecule has 0 amide bonds. The molecule has 1 saturated heterocycles. The SMILES string of the molecule is COCC1CCN(CC(N)c2ccccc2C(F)(F)F)C1. The molecule has 1 fully saturated rings. The van der Waals surface area contributed by atoms with E-state index in [0.29, 0.717) is 19.1 Å². The number of methoxy groups -OCH3 is 1. The van der Waals surface area contributed by atoms with Gasteiger partial charge in [-0.1, -0.05) is 18.2 Å². The largest absolute Gasteiger partial charge is 0.416 e. The van der Waals surface area contributed by atoms with Crippen molar-refractivity contribution in [2.75, 3.05) is 33.4 Å². The molecule has 0 spiro atoms. The maximum Gasteiger partial charge on any atom is 0.416 e. The molecule has 0 aliphatic carbocycles. The first kappa shape index (κ1) is 16.3. The van der Waals surface area contributed by atoms with Gasteiger partial charge >= 0.3 is 6.18 Å². The molecule has 2 unspecified atom stereocenters. The van der Waals surface area contributed by atoms with Crippen molar-refractivity contribution in [2.24, 2.45) is 11.7 Å². The lowest BCUT2D eigenvalue weighted by Gasteiger charge is -2.23. The lowest BCUT2D eigenvalue weighted by molar-refractivity contribution is -0.138. The van der Waals surface area contributed by atoms with Crippen molar-refractivity contribution in [3.05, 3.63) is 35.4 Å². The van der Waals surface area contributed by atoms with Crippen LogP contribution in [0.2, 0.25) is 0 Å². The van der Waals surface area contributed by atoms with Crippen molar-refractivity contribution in [1.29, 1.82) is 0 Å².